The fourth-order valence-electron chi connectivity index (χ4n) is 2.75. The standard InChI is InChI=1S/C18H22ClNO5S/c1-20(18(21)25-17-11-7-15(19)8-12-17)16-9-5-14(6-10-16)4-3-13-24-26(2,22)23/h7-8,11-12,14,16H,5-6,9-10,13H2,1-2H3. The molecule has 0 heterocycles. The molecule has 1 aromatic carbocycles. The predicted octanol–water partition coefficient (Wildman–Crippen LogP) is 3.31. The van der Waals surface area contributed by atoms with Crippen LogP contribution in [0.2, 0.25) is 5.02 Å². The molecule has 1 aromatic rings. The average molecular weight is 400 g/mol. The Hall–Kier alpha value is -1.75. The Labute approximate surface area is 159 Å². The van der Waals surface area contributed by atoms with Gasteiger partial charge in [0.15, 0.2) is 0 Å². The fourth-order valence-corrected chi connectivity index (χ4v) is 3.15. The van der Waals surface area contributed by atoms with Crippen molar-refractivity contribution in [2.24, 2.45) is 5.92 Å². The first-order valence-corrected chi connectivity index (χ1v) is 10.5. The van der Waals surface area contributed by atoms with E-state index in [0.717, 1.165) is 31.9 Å². The highest BCUT2D eigenvalue weighted by atomic mass is 35.5. The Morgan fingerprint density at radius 1 is 1.23 bits per heavy atom. The van der Waals surface area contributed by atoms with E-state index in [4.69, 9.17) is 16.3 Å². The van der Waals surface area contributed by atoms with Crippen LogP contribution >= 0.6 is 11.6 Å². The Kier molecular flexibility index (Phi) is 7.33. The van der Waals surface area contributed by atoms with E-state index >= 15 is 0 Å². The van der Waals surface area contributed by atoms with Gasteiger partial charge in [0.05, 0.1) is 6.26 Å². The maximum absolute atomic E-state index is 12.3. The van der Waals surface area contributed by atoms with Crippen molar-refractivity contribution >= 4 is 27.8 Å². The number of amides is 1. The summed E-state index contributed by atoms with van der Waals surface area (Å²) in [6.45, 7) is -0.119. The van der Waals surface area contributed by atoms with Crippen LogP contribution in [0.4, 0.5) is 4.79 Å². The number of rotatable bonds is 4. The number of ether oxygens (including phenoxy) is 1. The van der Waals surface area contributed by atoms with Crippen LogP contribution in [-0.2, 0) is 14.3 Å². The SMILES string of the molecule is CN(C(=O)Oc1ccc(Cl)cc1)C1CCC(C#CCOS(C)(=O)=O)CC1. The quantitative estimate of drug-likeness (QED) is 0.573. The van der Waals surface area contributed by atoms with Gasteiger partial charge in [-0.2, -0.15) is 8.42 Å². The summed E-state index contributed by atoms with van der Waals surface area (Å²) in [6.07, 6.45) is 3.92. The van der Waals surface area contributed by atoms with E-state index in [9.17, 15) is 13.2 Å². The number of nitrogens with zero attached hydrogens (tertiary/aromatic N) is 1. The number of carbonyl (C=O) groups is 1. The second-order valence-corrected chi connectivity index (χ2v) is 8.31. The van der Waals surface area contributed by atoms with Gasteiger partial charge in [-0.25, -0.2) is 4.79 Å². The van der Waals surface area contributed by atoms with E-state index in [1.165, 1.54) is 0 Å². The third-order valence-corrected chi connectivity index (χ3v) is 5.00. The molecule has 26 heavy (non-hydrogen) atoms. The van der Waals surface area contributed by atoms with Gasteiger partial charge in [0.2, 0.25) is 0 Å². The van der Waals surface area contributed by atoms with Crippen molar-refractivity contribution in [3.05, 3.63) is 29.3 Å². The number of benzene rings is 1. The van der Waals surface area contributed by atoms with E-state index in [-0.39, 0.29) is 18.6 Å². The summed E-state index contributed by atoms with van der Waals surface area (Å²) in [5, 5.41) is 0.583. The van der Waals surface area contributed by atoms with E-state index in [2.05, 4.69) is 16.0 Å². The van der Waals surface area contributed by atoms with Gasteiger partial charge in [-0.1, -0.05) is 23.4 Å². The van der Waals surface area contributed by atoms with Gasteiger partial charge < -0.3 is 9.64 Å². The first kappa shape index (κ1) is 20.6. The second-order valence-electron chi connectivity index (χ2n) is 6.23. The van der Waals surface area contributed by atoms with Gasteiger partial charge >= 0.3 is 6.09 Å². The summed E-state index contributed by atoms with van der Waals surface area (Å²) in [6, 6.07) is 6.74. The molecule has 2 rings (SSSR count). The van der Waals surface area contributed by atoms with Gasteiger partial charge in [-0.3, -0.25) is 4.18 Å². The van der Waals surface area contributed by atoms with Crippen molar-refractivity contribution in [1.29, 1.82) is 0 Å². The van der Waals surface area contributed by atoms with Gasteiger partial charge in [0.25, 0.3) is 10.1 Å². The molecule has 0 atom stereocenters. The van der Waals surface area contributed by atoms with Gasteiger partial charge in [-0.05, 0) is 49.9 Å². The number of halogens is 1. The third kappa shape index (κ3) is 6.87. The van der Waals surface area contributed by atoms with Crippen LogP contribution < -0.4 is 4.74 Å². The van der Waals surface area contributed by atoms with E-state index in [1.807, 2.05) is 0 Å². The Balaban J connectivity index is 1.78. The van der Waals surface area contributed by atoms with Crippen LogP contribution in [0.15, 0.2) is 24.3 Å². The first-order valence-electron chi connectivity index (χ1n) is 8.27. The number of hydrogen-bond acceptors (Lipinski definition) is 5. The molecule has 142 valence electrons. The lowest BCUT2D eigenvalue weighted by Crippen LogP contribution is -2.40. The van der Waals surface area contributed by atoms with Crippen LogP contribution in [0.1, 0.15) is 25.7 Å². The molecule has 0 radical (unpaired) electrons. The molecule has 0 bridgehead atoms. The van der Waals surface area contributed by atoms with Crippen LogP contribution in [0.5, 0.6) is 5.75 Å². The number of hydrogen-bond donors (Lipinski definition) is 0. The molecule has 0 aliphatic heterocycles. The van der Waals surface area contributed by atoms with Crippen molar-refractivity contribution in [1.82, 2.24) is 4.90 Å². The lowest BCUT2D eigenvalue weighted by atomic mass is 9.86. The van der Waals surface area contributed by atoms with Crippen molar-refractivity contribution in [2.45, 2.75) is 31.7 Å². The monoisotopic (exact) mass is 399 g/mol. The second kappa shape index (κ2) is 9.26. The van der Waals surface area contributed by atoms with Crippen molar-refractivity contribution < 1.29 is 22.1 Å². The van der Waals surface area contributed by atoms with Gasteiger partial charge in [0.1, 0.15) is 12.4 Å². The minimum atomic E-state index is -3.45. The first-order chi connectivity index (χ1) is 12.2. The molecule has 1 saturated carbocycles. The smallest absolute Gasteiger partial charge is 0.410 e. The van der Waals surface area contributed by atoms with Crippen molar-refractivity contribution in [3.8, 4) is 17.6 Å². The highest BCUT2D eigenvalue weighted by Crippen LogP contribution is 2.27. The highest BCUT2D eigenvalue weighted by molar-refractivity contribution is 7.86. The Morgan fingerprint density at radius 2 is 1.85 bits per heavy atom. The maximum Gasteiger partial charge on any atom is 0.415 e. The van der Waals surface area contributed by atoms with Crippen LogP contribution in [0.25, 0.3) is 0 Å². The normalized spacial score (nSPS) is 20.0. The van der Waals surface area contributed by atoms with Crippen LogP contribution in [-0.4, -0.2) is 45.4 Å². The minimum Gasteiger partial charge on any atom is -0.410 e. The molecule has 1 amide bonds. The predicted molar refractivity (Wildman–Crippen MR) is 99.6 cm³/mol. The average Bonchev–Trinajstić information content (AvgIpc) is 2.60. The summed E-state index contributed by atoms with van der Waals surface area (Å²) >= 11 is 5.81. The van der Waals surface area contributed by atoms with E-state index in [0.29, 0.717) is 10.8 Å². The Morgan fingerprint density at radius 3 is 2.42 bits per heavy atom. The topological polar surface area (TPSA) is 72.9 Å². The summed E-state index contributed by atoms with van der Waals surface area (Å²) in [5.74, 6) is 6.43. The summed E-state index contributed by atoms with van der Waals surface area (Å²) < 4.78 is 31.7. The fraction of sp³-hybridized carbons (Fsp3) is 0.500. The van der Waals surface area contributed by atoms with Crippen LogP contribution in [0, 0.1) is 17.8 Å². The summed E-state index contributed by atoms with van der Waals surface area (Å²) in [5.41, 5.74) is 0. The summed E-state index contributed by atoms with van der Waals surface area (Å²) in [4.78, 5) is 13.9. The maximum atomic E-state index is 12.3. The molecule has 1 aliphatic rings. The molecule has 1 aliphatic carbocycles. The molecular weight excluding hydrogens is 378 g/mol. The number of carbonyl (C=O) groups excluding carboxylic acids is 1. The summed E-state index contributed by atoms with van der Waals surface area (Å²) in [7, 11) is -1.72. The molecule has 0 N–H and O–H groups in total. The third-order valence-electron chi connectivity index (χ3n) is 4.20. The lowest BCUT2D eigenvalue weighted by Gasteiger charge is -2.32. The van der Waals surface area contributed by atoms with Crippen molar-refractivity contribution in [2.75, 3.05) is 19.9 Å². The lowest BCUT2D eigenvalue weighted by molar-refractivity contribution is 0.129. The molecule has 0 unspecified atom stereocenters. The molecule has 6 nitrogen and oxygen atoms in total. The van der Waals surface area contributed by atoms with Crippen LogP contribution in [0.3, 0.4) is 0 Å². The molecule has 8 heteroatoms. The molecule has 0 aromatic heterocycles. The zero-order chi connectivity index (χ0) is 19.2. The van der Waals surface area contributed by atoms with Gasteiger partial charge in [0, 0.05) is 24.0 Å². The minimum absolute atomic E-state index is 0.0973. The Bertz CT molecular complexity index is 774. The molecule has 0 saturated heterocycles. The van der Waals surface area contributed by atoms with Gasteiger partial charge in [-0.15, -0.1) is 0 Å². The molecular formula is C18H22ClNO5S. The molecule has 1 fully saturated rings. The van der Waals surface area contributed by atoms with E-state index < -0.39 is 16.2 Å². The molecule has 0 spiro atoms. The largest absolute Gasteiger partial charge is 0.415 e. The van der Waals surface area contributed by atoms with E-state index in [1.54, 1.807) is 36.2 Å². The zero-order valence-electron chi connectivity index (χ0n) is 14.8. The zero-order valence-corrected chi connectivity index (χ0v) is 16.3. The highest BCUT2D eigenvalue weighted by Gasteiger charge is 2.26. The van der Waals surface area contributed by atoms with Crippen molar-refractivity contribution in [3.63, 3.8) is 0 Å².